The highest BCUT2D eigenvalue weighted by molar-refractivity contribution is 5.99. The van der Waals surface area contributed by atoms with Crippen LogP contribution in [0.15, 0.2) is 0 Å². The summed E-state index contributed by atoms with van der Waals surface area (Å²) in [4.78, 5) is 26.8. The van der Waals surface area contributed by atoms with Crippen LogP contribution in [0.4, 0.5) is 0 Å². The molecule has 0 aromatic carbocycles. The molecule has 5 nitrogen and oxygen atoms in total. The smallest absolute Gasteiger partial charge is 0.246 e. The lowest BCUT2D eigenvalue weighted by atomic mass is 9.77. The van der Waals surface area contributed by atoms with Crippen molar-refractivity contribution >= 4 is 11.8 Å². The summed E-state index contributed by atoms with van der Waals surface area (Å²) in [5.41, 5.74) is -0.623. The zero-order chi connectivity index (χ0) is 14.8. The fourth-order valence-electron chi connectivity index (χ4n) is 3.30. The minimum atomic E-state index is -0.623. The van der Waals surface area contributed by atoms with Crippen molar-refractivity contribution in [2.45, 2.75) is 70.6 Å². The van der Waals surface area contributed by atoms with Crippen LogP contribution in [0.25, 0.3) is 0 Å². The van der Waals surface area contributed by atoms with E-state index in [1.165, 1.54) is 0 Å². The van der Waals surface area contributed by atoms with Crippen LogP contribution < -0.4 is 5.32 Å². The molecule has 1 aliphatic carbocycles. The Labute approximate surface area is 121 Å². The van der Waals surface area contributed by atoms with Gasteiger partial charge in [-0.3, -0.25) is 9.59 Å². The summed E-state index contributed by atoms with van der Waals surface area (Å²) in [7, 11) is 0. The van der Waals surface area contributed by atoms with Crippen molar-refractivity contribution < 1.29 is 14.3 Å². The number of ether oxygens (including phenoxy) is 1. The summed E-state index contributed by atoms with van der Waals surface area (Å²) in [6.45, 7) is 6.71. The molecule has 1 saturated carbocycles. The predicted molar refractivity (Wildman–Crippen MR) is 76.2 cm³/mol. The SMILES string of the molecule is CC(C)OCCN1C(=O)C(C)NC(=O)C12CCCCC2. The van der Waals surface area contributed by atoms with E-state index in [0.29, 0.717) is 13.2 Å². The summed E-state index contributed by atoms with van der Waals surface area (Å²) >= 11 is 0. The summed E-state index contributed by atoms with van der Waals surface area (Å²) in [5.74, 6) is 0.0488. The van der Waals surface area contributed by atoms with Gasteiger partial charge in [-0.2, -0.15) is 0 Å². The number of hydrogen-bond acceptors (Lipinski definition) is 3. The molecule has 2 aliphatic rings. The number of piperazine rings is 1. The average Bonchev–Trinajstić information content (AvgIpc) is 2.42. The van der Waals surface area contributed by atoms with E-state index in [2.05, 4.69) is 5.32 Å². The Hall–Kier alpha value is -1.10. The normalized spacial score (nSPS) is 26.2. The molecular formula is C15H26N2O3. The molecule has 1 heterocycles. The molecule has 20 heavy (non-hydrogen) atoms. The van der Waals surface area contributed by atoms with Crippen LogP contribution in [0.5, 0.6) is 0 Å². The number of carbonyl (C=O) groups is 2. The van der Waals surface area contributed by atoms with Gasteiger partial charge in [-0.15, -0.1) is 0 Å². The van der Waals surface area contributed by atoms with Crippen molar-refractivity contribution in [1.82, 2.24) is 10.2 Å². The van der Waals surface area contributed by atoms with Gasteiger partial charge in [0.05, 0.1) is 12.7 Å². The van der Waals surface area contributed by atoms with E-state index in [4.69, 9.17) is 4.74 Å². The zero-order valence-electron chi connectivity index (χ0n) is 12.8. The fourth-order valence-corrected chi connectivity index (χ4v) is 3.30. The van der Waals surface area contributed by atoms with Crippen molar-refractivity contribution in [2.24, 2.45) is 0 Å². The molecular weight excluding hydrogens is 256 g/mol. The number of amides is 2. The van der Waals surface area contributed by atoms with Gasteiger partial charge in [-0.25, -0.2) is 0 Å². The van der Waals surface area contributed by atoms with Crippen LogP contribution in [0, 0.1) is 0 Å². The van der Waals surface area contributed by atoms with Gasteiger partial charge in [0.2, 0.25) is 11.8 Å². The maximum atomic E-state index is 12.5. The van der Waals surface area contributed by atoms with Gasteiger partial charge in [0.15, 0.2) is 0 Å². The molecule has 2 rings (SSSR count). The van der Waals surface area contributed by atoms with E-state index in [-0.39, 0.29) is 17.9 Å². The Bertz CT molecular complexity index is 375. The van der Waals surface area contributed by atoms with Crippen LogP contribution in [0.3, 0.4) is 0 Å². The molecule has 0 aromatic heterocycles. The summed E-state index contributed by atoms with van der Waals surface area (Å²) in [6, 6.07) is -0.422. The largest absolute Gasteiger partial charge is 0.377 e. The molecule has 1 aliphatic heterocycles. The number of rotatable bonds is 4. The van der Waals surface area contributed by atoms with E-state index in [1.807, 2.05) is 13.8 Å². The standard InChI is InChI=1S/C15H26N2O3/c1-11(2)20-10-9-17-13(18)12(3)16-14(19)15(17)7-5-4-6-8-15/h11-12H,4-10H2,1-3H3,(H,16,19). The Morgan fingerprint density at radius 3 is 2.55 bits per heavy atom. The first-order chi connectivity index (χ1) is 9.47. The fraction of sp³-hybridized carbons (Fsp3) is 0.867. The van der Waals surface area contributed by atoms with Crippen LogP contribution in [-0.4, -0.2) is 47.6 Å². The molecule has 2 fully saturated rings. The Kier molecular flexibility index (Phi) is 4.68. The minimum absolute atomic E-state index is 0.0221. The lowest BCUT2D eigenvalue weighted by molar-refractivity contribution is -0.160. The highest BCUT2D eigenvalue weighted by Crippen LogP contribution is 2.36. The highest BCUT2D eigenvalue weighted by Gasteiger charge is 2.51. The maximum absolute atomic E-state index is 12.5. The molecule has 1 N–H and O–H groups in total. The van der Waals surface area contributed by atoms with Gasteiger partial charge in [-0.05, 0) is 33.6 Å². The van der Waals surface area contributed by atoms with Gasteiger partial charge in [0.25, 0.3) is 0 Å². The quantitative estimate of drug-likeness (QED) is 0.849. The molecule has 5 heteroatoms. The second-order valence-corrected chi connectivity index (χ2v) is 6.20. The summed E-state index contributed by atoms with van der Waals surface area (Å²) in [6.07, 6.45) is 4.86. The van der Waals surface area contributed by atoms with Gasteiger partial charge >= 0.3 is 0 Å². The Morgan fingerprint density at radius 2 is 1.95 bits per heavy atom. The van der Waals surface area contributed by atoms with E-state index in [0.717, 1.165) is 32.1 Å². The van der Waals surface area contributed by atoms with Crippen molar-refractivity contribution in [3.8, 4) is 0 Å². The molecule has 1 atom stereocenters. The topological polar surface area (TPSA) is 58.6 Å². The van der Waals surface area contributed by atoms with Gasteiger partial charge in [0, 0.05) is 6.54 Å². The molecule has 0 aromatic rings. The highest BCUT2D eigenvalue weighted by atomic mass is 16.5. The maximum Gasteiger partial charge on any atom is 0.246 e. The van der Waals surface area contributed by atoms with Gasteiger partial charge in [-0.1, -0.05) is 19.3 Å². The first-order valence-corrected chi connectivity index (χ1v) is 7.71. The van der Waals surface area contributed by atoms with E-state index in [1.54, 1.807) is 11.8 Å². The average molecular weight is 282 g/mol. The molecule has 2 amide bonds. The molecule has 0 radical (unpaired) electrons. The van der Waals surface area contributed by atoms with Crippen LogP contribution in [-0.2, 0) is 14.3 Å². The first kappa shape index (κ1) is 15.3. The van der Waals surface area contributed by atoms with E-state index >= 15 is 0 Å². The third-order valence-electron chi connectivity index (χ3n) is 4.37. The summed E-state index contributed by atoms with van der Waals surface area (Å²) in [5, 5.41) is 2.85. The van der Waals surface area contributed by atoms with Crippen molar-refractivity contribution in [3.63, 3.8) is 0 Å². The molecule has 0 bridgehead atoms. The molecule has 1 unspecified atom stereocenters. The van der Waals surface area contributed by atoms with E-state index in [9.17, 15) is 9.59 Å². The Balaban J connectivity index is 2.15. The lowest BCUT2D eigenvalue weighted by Gasteiger charge is -2.49. The Morgan fingerprint density at radius 1 is 1.30 bits per heavy atom. The molecule has 114 valence electrons. The second kappa shape index (κ2) is 6.12. The number of carbonyl (C=O) groups excluding carboxylic acids is 2. The number of nitrogens with one attached hydrogen (secondary N) is 1. The summed E-state index contributed by atoms with van der Waals surface area (Å²) < 4.78 is 5.57. The van der Waals surface area contributed by atoms with Crippen LogP contribution >= 0.6 is 0 Å². The minimum Gasteiger partial charge on any atom is -0.377 e. The van der Waals surface area contributed by atoms with Gasteiger partial charge < -0.3 is 15.0 Å². The van der Waals surface area contributed by atoms with Crippen LogP contribution in [0.2, 0.25) is 0 Å². The molecule has 1 saturated heterocycles. The third kappa shape index (κ3) is 2.82. The van der Waals surface area contributed by atoms with E-state index < -0.39 is 11.6 Å². The lowest BCUT2D eigenvalue weighted by Crippen LogP contribution is -2.71. The first-order valence-electron chi connectivity index (χ1n) is 7.71. The van der Waals surface area contributed by atoms with Gasteiger partial charge in [0.1, 0.15) is 11.6 Å². The second-order valence-electron chi connectivity index (χ2n) is 6.20. The van der Waals surface area contributed by atoms with Crippen molar-refractivity contribution in [2.75, 3.05) is 13.2 Å². The predicted octanol–water partition coefficient (Wildman–Crippen LogP) is 1.46. The third-order valence-corrected chi connectivity index (χ3v) is 4.37. The molecule has 1 spiro atoms. The number of hydrogen-bond donors (Lipinski definition) is 1. The number of nitrogens with zero attached hydrogens (tertiary/aromatic N) is 1. The van der Waals surface area contributed by atoms with Crippen molar-refractivity contribution in [1.29, 1.82) is 0 Å². The van der Waals surface area contributed by atoms with Crippen molar-refractivity contribution in [3.05, 3.63) is 0 Å². The van der Waals surface area contributed by atoms with Crippen LogP contribution in [0.1, 0.15) is 52.9 Å². The zero-order valence-corrected chi connectivity index (χ0v) is 12.8. The monoisotopic (exact) mass is 282 g/mol.